The molecular formula is C15H17FN2. The lowest BCUT2D eigenvalue weighted by atomic mass is 10.1. The van der Waals surface area contributed by atoms with Crippen molar-refractivity contribution in [2.45, 2.75) is 20.4 Å². The van der Waals surface area contributed by atoms with Gasteiger partial charge in [0.1, 0.15) is 5.82 Å². The van der Waals surface area contributed by atoms with E-state index in [1.54, 1.807) is 6.07 Å². The smallest absolute Gasteiger partial charge is 0.146 e. The van der Waals surface area contributed by atoms with Crippen LogP contribution in [-0.4, -0.2) is 0 Å². The Morgan fingerprint density at radius 2 is 1.72 bits per heavy atom. The quantitative estimate of drug-likeness (QED) is 0.865. The van der Waals surface area contributed by atoms with E-state index in [0.717, 1.165) is 22.4 Å². The van der Waals surface area contributed by atoms with Gasteiger partial charge in [-0.05, 0) is 54.8 Å². The number of rotatable bonds is 3. The van der Waals surface area contributed by atoms with Crippen molar-refractivity contribution >= 4 is 11.4 Å². The van der Waals surface area contributed by atoms with Gasteiger partial charge in [0.2, 0.25) is 0 Å². The second-order valence-electron chi connectivity index (χ2n) is 4.52. The van der Waals surface area contributed by atoms with Gasteiger partial charge in [-0.25, -0.2) is 4.39 Å². The molecule has 0 bridgehead atoms. The van der Waals surface area contributed by atoms with Crippen molar-refractivity contribution in [3.8, 4) is 0 Å². The van der Waals surface area contributed by atoms with Crippen LogP contribution in [0, 0.1) is 19.7 Å². The fourth-order valence-corrected chi connectivity index (χ4v) is 1.99. The standard InChI is InChI=1S/C15H17FN2/c1-10-5-11(2)7-13(6-10)18-15-4-3-12(9-17)8-14(15)16/h3-8,18H,9,17H2,1-2H3. The molecule has 3 N–H and O–H groups in total. The van der Waals surface area contributed by atoms with E-state index in [9.17, 15) is 4.39 Å². The molecule has 0 aliphatic heterocycles. The van der Waals surface area contributed by atoms with Crippen LogP contribution < -0.4 is 11.1 Å². The summed E-state index contributed by atoms with van der Waals surface area (Å²) in [5.41, 5.74) is 9.93. The van der Waals surface area contributed by atoms with Crippen LogP contribution >= 0.6 is 0 Å². The number of nitrogens with one attached hydrogen (secondary N) is 1. The highest BCUT2D eigenvalue weighted by Crippen LogP contribution is 2.22. The first-order valence-electron chi connectivity index (χ1n) is 5.92. The second kappa shape index (κ2) is 5.19. The zero-order chi connectivity index (χ0) is 13.1. The lowest BCUT2D eigenvalue weighted by molar-refractivity contribution is 0.629. The SMILES string of the molecule is Cc1cc(C)cc(Nc2ccc(CN)cc2F)c1. The van der Waals surface area contributed by atoms with E-state index in [2.05, 4.69) is 11.4 Å². The van der Waals surface area contributed by atoms with Gasteiger partial charge in [-0.15, -0.1) is 0 Å². The molecule has 0 atom stereocenters. The van der Waals surface area contributed by atoms with Crippen molar-refractivity contribution in [2.75, 3.05) is 5.32 Å². The maximum atomic E-state index is 13.8. The summed E-state index contributed by atoms with van der Waals surface area (Å²) in [5, 5.41) is 3.09. The average molecular weight is 244 g/mol. The molecule has 18 heavy (non-hydrogen) atoms. The first-order chi connectivity index (χ1) is 8.58. The summed E-state index contributed by atoms with van der Waals surface area (Å²) >= 11 is 0. The molecule has 0 radical (unpaired) electrons. The van der Waals surface area contributed by atoms with E-state index in [4.69, 9.17) is 5.73 Å². The lowest BCUT2D eigenvalue weighted by Crippen LogP contribution is -1.99. The molecule has 0 fully saturated rings. The van der Waals surface area contributed by atoms with E-state index in [0.29, 0.717) is 12.2 Å². The monoisotopic (exact) mass is 244 g/mol. The number of aryl methyl sites for hydroxylation is 2. The summed E-state index contributed by atoms with van der Waals surface area (Å²) in [6.07, 6.45) is 0. The molecule has 0 aliphatic rings. The number of hydrogen-bond acceptors (Lipinski definition) is 2. The van der Waals surface area contributed by atoms with Crippen LogP contribution in [0.2, 0.25) is 0 Å². The summed E-state index contributed by atoms with van der Waals surface area (Å²) in [4.78, 5) is 0. The molecule has 0 amide bonds. The van der Waals surface area contributed by atoms with Crippen molar-refractivity contribution in [1.29, 1.82) is 0 Å². The van der Waals surface area contributed by atoms with Crippen LogP contribution in [0.15, 0.2) is 36.4 Å². The Morgan fingerprint density at radius 1 is 1.06 bits per heavy atom. The third-order valence-corrected chi connectivity index (χ3v) is 2.77. The first kappa shape index (κ1) is 12.6. The normalized spacial score (nSPS) is 10.4. The predicted molar refractivity (Wildman–Crippen MR) is 73.5 cm³/mol. The zero-order valence-corrected chi connectivity index (χ0v) is 10.6. The minimum Gasteiger partial charge on any atom is -0.353 e. The first-order valence-corrected chi connectivity index (χ1v) is 5.92. The Hall–Kier alpha value is -1.87. The van der Waals surface area contributed by atoms with Crippen molar-refractivity contribution < 1.29 is 4.39 Å². The summed E-state index contributed by atoms with van der Waals surface area (Å²) in [6, 6.07) is 11.1. The summed E-state index contributed by atoms with van der Waals surface area (Å²) in [5.74, 6) is -0.280. The molecule has 2 rings (SSSR count). The van der Waals surface area contributed by atoms with Crippen molar-refractivity contribution in [3.63, 3.8) is 0 Å². The number of anilines is 2. The van der Waals surface area contributed by atoms with Gasteiger partial charge in [0.15, 0.2) is 0 Å². The minimum atomic E-state index is -0.280. The summed E-state index contributed by atoms with van der Waals surface area (Å²) in [6.45, 7) is 4.39. The molecule has 2 aromatic carbocycles. The number of hydrogen-bond donors (Lipinski definition) is 2. The Bertz CT molecular complexity index is 544. The highest BCUT2D eigenvalue weighted by Gasteiger charge is 2.04. The number of halogens is 1. The van der Waals surface area contributed by atoms with Crippen LogP contribution in [0.5, 0.6) is 0 Å². The fraction of sp³-hybridized carbons (Fsp3) is 0.200. The van der Waals surface area contributed by atoms with Crippen molar-refractivity contribution in [1.82, 2.24) is 0 Å². The Balaban J connectivity index is 2.28. The maximum absolute atomic E-state index is 13.8. The molecule has 94 valence electrons. The van der Waals surface area contributed by atoms with Gasteiger partial charge in [-0.3, -0.25) is 0 Å². The molecule has 0 saturated carbocycles. The van der Waals surface area contributed by atoms with Gasteiger partial charge in [0.25, 0.3) is 0 Å². The van der Waals surface area contributed by atoms with E-state index in [-0.39, 0.29) is 5.82 Å². The van der Waals surface area contributed by atoms with Crippen molar-refractivity contribution in [3.05, 3.63) is 58.9 Å². The number of benzene rings is 2. The third kappa shape index (κ3) is 2.87. The summed E-state index contributed by atoms with van der Waals surface area (Å²) < 4.78 is 13.8. The van der Waals surface area contributed by atoms with E-state index >= 15 is 0 Å². The Labute approximate surface area is 107 Å². The predicted octanol–water partition coefficient (Wildman–Crippen LogP) is 3.64. The zero-order valence-electron chi connectivity index (χ0n) is 10.6. The van der Waals surface area contributed by atoms with Gasteiger partial charge in [0, 0.05) is 12.2 Å². The molecule has 3 heteroatoms. The maximum Gasteiger partial charge on any atom is 0.146 e. The van der Waals surface area contributed by atoms with Crippen LogP contribution in [0.25, 0.3) is 0 Å². The van der Waals surface area contributed by atoms with Crippen LogP contribution in [0.4, 0.5) is 15.8 Å². The fourth-order valence-electron chi connectivity index (χ4n) is 1.99. The lowest BCUT2D eigenvalue weighted by Gasteiger charge is -2.10. The highest BCUT2D eigenvalue weighted by atomic mass is 19.1. The molecule has 0 spiro atoms. The van der Waals surface area contributed by atoms with Gasteiger partial charge in [-0.2, -0.15) is 0 Å². The second-order valence-corrected chi connectivity index (χ2v) is 4.52. The van der Waals surface area contributed by atoms with Gasteiger partial charge >= 0.3 is 0 Å². The molecule has 0 aliphatic carbocycles. The highest BCUT2D eigenvalue weighted by molar-refractivity contribution is 5.62. The van der Waals surface area contributed by atoms with E-state index < -0.39 is 0 Å². The van der Waals surface area contributed by atoms with Gasteiger partial charge in [-0.1, -0.05) is 12.1 Å². The molecule has 0 unspecified atom stereocenters. The van der Waals surface area contributed by atoms with E-state index in [1.807, 2.05) is 32.0 Å². The molecule has 2 aromatic rings. The minimum absolute atomic E-state index is 0.280. The van der Waals surface area contributed by atoms with Crippen molar-refractivity contribution in [2.24, 2.45) is 5.73 Å². The molecule has 2 nitrogen and oxygen atoms in total. The molecule has 0 heterocycles. The number of nitrogens with two attached hydrogens (primary N) is 1. The summed E-state index contributed by atoms with van der Waals surface area (Å²) in [7, 11) is 0. The molecule has 0 aromatic heterocycles. The van der Waals surface area contributed by atoms with Crippen LogP contribution in [0.1, 0.15) is 16.7 Å². The van der Waals surface area contributed by atoms with Gasteiger partial charge < -0.3 is 11.1 Å². The average Bonchev–Trinajstić information content (AvgIpc) is 2.30. The van der Waals surface area contributed by atoms with Crippen LogP contribution in [-0.2, 0) is 6.54 Å². The Kier molecular flexibility index (Phi) is 3.63. The Morgan fingerprint density at radius 3 is 2.28 bits per heavy atom. The third-order valence-electron chi connectivity index (χ3n) is 2.77. The topological polar surface area (TPSA) is 38.0 Å². The van der Waals surface area contributed by atoms with Crippen LogP contribution in [0.3, 0.4) is 0 Å². The molecule has 0 saturated heterocycles. The largest absolute Gasteiger partial charge is 0.353 e. The van der Waals surface area contributed by atoms with Gasteiger partial charge in [0.05, 0.1) is 5.69 Å². The van der Waals surface area contributed by atoms with E-state index in [1.165, 1.54) is 6.07 Å². The molecular weight excluding hydrogens is 227 g/mol.